The molecule has 0 aliphatic heterocycles. The molecule has 5 aromatic rings. The Morgan fingerprint density at radius 1 is 1.00 bits per heavy atom. The van der Waals surface area contributed by atoms with E-state index >= 15 is 0 Å². The molecule has 2 aromatic carbocycles. The molecule has 1 amide bonds. The Kier molecular flexibility index (Phi) is 5.14. The van der Waals surface area contributed by atoms with Crippen LogP contribution >= 0.6 is 0 Å². The fourth-order valence-corrected chi connectivity index (χ4v) is 4.01. The molecule has 7 nitrogen and oxygen atoms in total. The van der Waals surface area contributed by atoms with Crippen molar-refractivity contribution in [1.29, 1.82) is 0 Å². The van der Waals surface area contributed by atoms with E-state index in [1.54, 1.807) is 24.1 Å². The molecule has 0 radical (unpaired) electrons. The third kappa shape index (κ3) is 3.96. The second kappa shape index (κ2) is 8.27. The number of carbonyl (C=O) groups is 1. The second-order valence-corrected chi connectivity index (χ2v) is 7.92. The Balaban J connectivity index is 1.39. The largest absolute Gasteiger partial charge is 0.481 e. The second-order valence-electron chi connectivity index (χ2n) is 7.92. The number of primary amides is 1. The van der Waals surface area contributed by atoms with Crippen molar-refractivity contribution in [2.24, 2.45) is 5.73 Å². The number of hydrogen-bond acceptors (Lipinski definition) is 4. The highest BCUT2D eigenvalue weighted by atomic mass is 16.5. The highest BCUT2D eigenvalue weighted by Gasteiger charge is 2.11. The van der Waals surface area contributed by atoms with Gasteiger partial charge in [-0.15, -0.1) is 0 Å². The molecule has 3 aromatic heterocycles. The summed E-state index contributed by atoms with van der Waals surface area (Å²) in [6.45, 7) is 2.66. The maximum Gasteiger partial charge on any atom is 0.269 e. The zero-order valence-electron chi connectivity index (χ0n) is 18.4. The van der Waals surface area contributed by atoms with Crippen molar-refractivity contribution >= 4 is 16.8 Å². The quantitative estimate of drug-likeness (QED) is 0.428. The molecule has 164 valence electrons. The SMILES string of the molecule is COc1cc(-c2ccc(Cn3ccc4cc(-n5nc(C(N)=O)cc5C)ccc43)cc2)ccn1. The Morgan fingerprint density at radius 2 is 1.82 bits per heavy atom. The van der Waals surface area contributed by atoms with Crippen molar-refractivity contribution in [2.75, 3.05) is 7.11 Å². The number of benzene rings is 2. The first-order valence-electron chi connectivity index (χ1n) is 10.6. The fourth-order valence-electron chi connectivity index (χ4n) is 4.01. The average molecular weight is 438 g/mol. The molecule has 0 aliphatic carbocycles. The standard InChI is InChI=1S/C26H23N5O2/c1-17-13-23(26(27)32)29-31(17)22-7-8-24-21(14-22)10-12-30(24)16-18-3-5-19(6-4-18)20-9-11-28-25(15-20)33-2/h3-15H,16H2,1-2H3,(H2,27,32). The third-order valence-corrected chi connectivity index (χ3v) is 5.72. The van der Waals surface area contributed by atoms with Crippen LogP contribution in [0.2, 0.25) is 0 Å². The summed E-state index contributed by atoms with van der Waals surface area (Å²) in [5.74, 6) is 0.0732. The van der Waals surface area contributed by atoms with Gasteiger partial charge in [0.15, 0.2) is 5.69 Å². The van der Waals surface area contributed by atoms with Gasteiger partial charge in [0.1, 0.15) is 0 Å². The molecular weight excluding hydrogens is 414 g/mol. The van der Waals surface area contributed by atoms with Gasteiger partial charge in [0.2, 0.25) is 5.88 Å². The molecule has 0 aliphatic rings. The van der Waals surface area contributed by atoms with Crippen molar-refractivity contribution in [3.8, 4) is 22.7 Å². The number of fused-ring (bicyclic) bond motifs is 1. The number of aryl methyl sites for hydroxylation is 1. The summed E-state index contributed by atoms with van der Waals surface area (Å²) in [6.07, 6.45) is 3.84. The van der Waals surface area contributed by atoms with Crippen molar-refractivity contribution < 1.29 is 9.53 Å². The molecule has 0 bridgehead atoms. The summed E-state index contributed by atoms with van der Waals surface area (Å²) in [7, 11) is 1.62. The van der Waals surface area contributed by atoms with Crippen LogP contribution in [0.4, 0.5) is 0 Å². The Bertz CT molecular complexity index is 1460. The maximum absolute atomic E-state index is 11.5. The molecule has 2 N–H and O–H groups in total. The smallest absolute Gasteiger partial charge is 0.269 e. The number of methoxy groups -OCH3 is 1. The molecule has 0 unspecified atom stereocenters. The maximum atomic E-state index is 11.5. The molecule has 7 heteroatoms. The first-order chi connectivity index (χ1) is 16.0. The minimum absolute atomic E-state index is 0.263. The van der Waals surface area contributed by atoms with Crippen LogP contribution in [0.3, 0.4) is 0 Å². The predicted molar refractivity (Wildman–Crippen MR) is 128 cm³/mol. The van der Waals surface area contributed by atoms with Crippen LogP contribution in [0.15, 0.2) is 79.1 Å². The van der Waals surface area contributed by atoms with E-state index in [0.717, 1.165) is 40.0 Å². The lowest BCUT2D eigenvalue weighted by atomic mass is 10.0. The molecule has 0 saturated heterocycles. The van der Waals surface area contributed by atoms with E-state index in [1.165, 1.54) is 5.56 Å². The van der Waals surface area contributed by atoms with Crippen LogP contribution in [-0.2, 0) is 6.54 Å². The lowest BCUT2D eigenvalue weighted by molar-refractivity contribution is 0.0995. The highest BCUT2D eigenvalue weighted by Crippen LogP contribution is 2.25. The van der Waals surface area contributed by atoms with Crippen LogP contribution in [0.25, 0.3) is 27.7 Å². The minimum atomic E-state index is -0.529. The summed E-state index contributed by atoms with van der Waals surface area (Å²) < 4.78 is 9.18. The number of aromatic nitrogens is 4. The number of nitrogens with two attached hydrogens (primary N) is 1. The molecule has 3 heterocycles. The van der Waals surface area contributed by atoms with Gasteiger partial charge >= 0.3 is 0 Å². The van der Waals surface area contributed by atoms with E-state index in [0.29, 0.717) is 5.88 Å². The van der Waals surface area contributed by atoms with Crippen molar-refractivity contribution in [1.82, 2.24) is 19.3 Å². The van der Waals surface area contributed by atoms with E-state index in [9.17, 15) is 4.79 Å². The Morgan fingerprint density at radius 3 is 2.55 bits per heavy atom. The van der Waals surface area contributed by atoms with Crippen molar-refractivity contribution in [3.05, 3.63) is 96.1 Å². The van der Waals surface area contributed by atoms with Gasteiger partial charge < -0.3 is 15.0 Å². The van der Waals surface area contributed by atoms with Crippen LogP contribution in [0, 0.1) is 6.92 Å². The molecule has 0 saturated carbocycles. The van der Waals surface area contributed by atoms with Gasteiger partial charge in [0, 0.05) is 41.6 Å². The van der Waals surface area contributed by atoms with Crippen LogP contribution in [0.5, 0.6) is 5.88 Å². The lowest BCUT2D eigenvalue weighted by Gasteiger charge is -2.09. The Hall–Kier alpha value is -4.39. The van der Waals surface area contributed by atoms with Gasteiger partial charge in [-0.1, -0.05) is 24.3 Å². The van der Waals surface area contributed by atoms with Gasteiger partial charge in [-0.05, 0) is 60.0 Å². The molecule has 0 spiro atoms. The van der Waals surface area contributed by atoms with Crippen LogP contribution < -0.4 is 10.5 Å². The zero-order valence-corrected chi connectivity index (χ0v) is 18.4. The zero-order chi connectivity index (χ0) is 22.9. The number of amides is 1. The normalized spacial score (nSPS) is 11.1. The number of rotatable bonds is 6. The van der Waals surface area contributed by atoms with Crippen LogP contribution in [0.1, 0.15) is 21.7 Å². The summed E-state index contributed by atoms with van der Waals surface area (Å²) in [5, 5.41) is 5.43. The average Bonchev–Trinajstić information content (AvgIpc) is 3.42. The number of pyridine rings is 1. The van der Waals surface area contributed by atoms with E-state index in [4.69, 9.17) is 10.5 Å². The third-order valence-electron chi connectivity index (χ3n) is 5.72. The monoisotopic (exact) mass is 437 g/mol. The summed E-state index contributed by atoms with van der Waals surface area (Å²) >= 11 is 0. The number of carbonyl (C=O) groups excluding carboxylic acids is 1. The molecule has 0 fully saturated rings. The van der Waals surface area contributed by atoms with Gasteiger partial charge in [-0.2, -0.15) is 5.10 Å². The summed E-state index contributed by atoms with van der Waals surface area (Å²) in [4.78, 5) is 15.6. The van der Waals surface area contributed by atoms with Crippen molar-refractivity contribution in [2.45, 2.75) is 13.5 Å². The van der Waals surface area contributed by atoms with Crippen LogP contribution in [-0.4, -0.2) is 32.3 Å². The molecule has 0 atom stereocenters. The van der Waals surface area contributed by atoms with E-state index in [2.05, 4.69) is 63.3 Å². The Labute approximate surface area is 191 Å². The van der Waals surface area contributed by atoms with E-state index in [1.807, 2.05) is 25.1 Å². The van der Waals surface area contributed by atoms with Gasteiger partial charge in [0.25, 0.3) is 5.91 Å². The number of nitrogens with zero attached hydrogens (tertiary/aromatic N) is 4. The molecular formula is C26H23N5O2. The lowest BCUT2D eigenvalue weighted by Crippen LogP contribution is -2.12. The predicted octanol–water partition coefficient (Wildman–Crippen LogP) is 4.35. The number of ether oxygens (including phenoxy) is 1. The van der Waals surface area contributed by atoms with Gasteiger partial charge in [-0.3, -0.25) is 4.79 Å². The summed E-state index contributed by atoms with van der Waals surface area (Å²) in [5.41, 5.74) is 11.9. The number of hydrogen-bond donors (Lipinski definition) is 1. The van der Waals surface area contributed by atoms with E-state index in [-0.39, 0.29) is 5.69 Å². The fraction of sp³-hybridized carbons (Fsp3) is 0.115. The van der Waals surface area contributed by atoms with Gasteiger partial charge in [0.05, 0.1) is 12.8 Å². The summed E-state index contributed by atoms with van der Waals surface area (Å²) in [6, 6.07) is 22.3. The minimum Gasteiger partial charge on any atom is -0.481 e. The molecule has 5 rings (SSSR count). The topological polar surface area (TPSA) is 88.0 Å². The highest BCUT2D eigenvalue weighted by molar-refractivity contribution is 5.91. The van der Waals surface area contributed by atoms with E-state index < -0.39 is 5.91 Å². The first kappa shape index (κ1) is 20.5. The molecule has 33 heavy (non-hydrogen) atoms. The van der Waals surface area contributed by atoms with Crippen molar-refractivity contribution in [3.63, 3.8) is 0 Å². The van der Waals surface area contributed by atoms with Gasteiger partial charge in [-0.25, -0.2) is 9.67 Å². The first-order valence-corrected chi connectivity index (χ1v) is 10.6.